The molecule has 1 aromatic heterocycles. The fourth-order valence-corrected chi connectivity index (χ4v) is 5.87. The van der Waals surface area contributed by atoms with Crippen LogP contribution in [0.4, 0.5) is 4.79 Å². The summed E-state index contributed by atoms with van der Waals surface area (Å²) in [6.07, 6.45) is 8.68. The Morgan fingerprint density at radius 3 is 2.64 bits per heavy atom. The highest BCUT2D eigenvalue weighted by Crippen LogP contribution is 2.48. The molecule has 5 rings (SSSR count). The van der Waals surface area contributed by atoms with Crippen LogP contribution in [0.2, 0.25) is 0 Å². The third-order valence-electron chi connectivity index (χ3n) is 7.77. The quantitative estimate of drug-likeness (QED) is 0.329. The molecule has 3 unspecified atom stereocenters. The second-order valence-electron chi connectivity index (χ2n) is 12.4. The molecule has 1 aliphatic carbocycles. The van der Waals surface area contributed by atoms with Gasteiger partial charge >= 0.3 is 12.0 Å². The van der Waals surface area contributed by atoms with E-state index in [4.69, 9.17) is 25.7 Å². The van der Waals surface area contributed by atoms with Gasteiger partial charge in [0.2, 0.25) is 5.91 Å². The van der Waals surface area contributed by atoms with Gasteiger partial charge in [0, 0.05) is 34.7 Å². The second-order valence-corrected chi connectivity index (χ2v) is 12.8. The maximum atomic E-state index is 14.5. The first kappa shape index (κ1) is 31.1. The number of Topliss-reactive ketones (excluding diaryl/α,β-unsaturated/α-hetero) is 1. The van der Waals surface area contributed by atoms with E-state index in [0.29, 0.717) is 35.9 Å². The molecule has 12 heteroatoms. The molecule has 1 saturated heterocycles. The Morgan fingerprint density at radius 1 is 1.25 bits per heavy atom. The zero-order valence-electron chi connectivity index (χ0n) is 25.0. The predicted octanol–water partition coefficient (Wildman–Crippen LogP) is 4.93. The Labute approximate surface area is 260 Å². The third-order valence-corrected chi connectivity index (χ3v) is 8.06. The number of benzene rings is 1. The number of ether oxygens (including phenoxy) is 1. The van der Waals surface area contributed by atoms with Gasteiger partial charge in [-0.15, -0.1) is 0 Å². The molecule has 3 heterocycles. The van der Waals surface area contributed by atoms with Crippen LogP contribution in [0.3, 0.4) is 0 Å². The number of carboxylic acids is 1. The molecule has 1 aromatic carbocycles. The van der Waals surface area contributed by atoms with Crippen molar-refractivity contribution in [2.45, 2.75) is 58.2 Å². The van der Waals surface area contributed by atoms with E-state index >= 15 is 0 Å². The molecule has 3 aliphatic rings. The number of rotatable bonds is 7. The van der Waals surface area contributed by atoms with Crippen molar-refractivity contribution in [2.75, 3.05) is 19.6 Å². The minimum Gasteiger partial charge on any atom is -0.487 e. The fraction of sp³-hybridized carbons (Fsp3) is 0.406. The molecule has 11 nitrogen and oxygen atoms in total. The lowest BCUT2D eigenvalue weighted by atomic mass is 9.72. The van der Waals surface area contributed by atoms with Crippen LogP contribution in [0.5, 0.6) is 5.75 Å². The van der Waals surface area contributed by atoms with Crippen molar-refractivity contribution in [3.63, 3.8) is 0 Å². The number of aliphatic carboxylic acids is 1. The number of urea groups is 1. The van der Waals surface area contributed by atoms with Crippen LogP contribution < -0.4 is 10.1 Å². The SMILES string of the molecule is CC(C)(C)Oc1cc(C(=O)CC(=O)O)ccc1C1=NC(c2ccoc2)C(C2(C)C=CC(Cl)=CC2)N1C(=O)N1CCNC(=O)C1. The van der Waals surface area contributed by atoms with Crippen molar-refractivity contribution >= 4 is 41.1 Å². The number of halogens is 1. The highest BCUT2D eigenvalue weighted by Gasteiger charge is 2.52. The van der Waals surface area contributed by atoms with Crippen LogP contribution in [-0.2, 0) is 9.59 Å². The van der Waals surface area contributed by atoms with Crippen molar-refractivity contribution in [3.05, 3.63) is 76.7 Å². The van der Waals surface area contributed by atoms with E-state index in [1.165, 1.54) is 17.0 Å². The highest BCUT2D eigenvalue weighted by atomic mass is 35.5. The van der Waals surface area contributed by atoms with Crippen LogP contribution in [0.25, 0.3) is 0 Å². The average Bonchev–Trinajstić information content (AvgIpc) is 3.62. The van der Waals surface area contributed by atoms with Gasteiger partial charge in [0.15, 0.2) is 5.78 Å². The number of aliphatic imine (C=N–C) groups is 1. The van der Waals surface area contributed by atoms with Crippen LogP contribution in [0.1, 0.15) is 68.1 Å². The molecule has 2 aromatic rings. The Morgan fingerprint density at radius 2 is 2.02 bits per heavy atom. The first-order chi connectivity index (χ1) is 20.8. The van der Waals surface area contributed by atoms with Crippen molar-refractivity contribution in [2.24, 2.45) is 10.4 Å². The van der Waals surface area contributed by atoms with E-state index in [1.807, 2.05) is 45.9 Å². The number of carbonyl (C=O) groups excluding carboxylic acids is 3. The molecule has 3 amide bonds. The first-order valence-electron chi connectivity index (χ1n) is 14.3. The van der Waals surface area contributed by atoms with Gasteiger partial charge in [0.05, 0.1) is 24.1 Å². The van der Waals surface area contributed by atoms with Crippen LogP contribution in [-0.4, -0.2) is 75.7 Å². The van der Waals surface area contributed by atoms with E-state index in [9.17, 15) is 24.3 Å². The molecule has 3 atom stereocenters. The summed E-state index contributed by atoms with van der Waals surface area (Å²) >= 11 is 6.32. The largest absolute Gasteiger partial charge is 0.487 e. The molecular formula is C32H35ClN4O7. The number of piperazine rings is 1. The number of amides is 3. The number of hydrogen-bond acceptors (Lipinski definition) is 7. The third kappa shape index (κ3) is 6.42. The van der Waals surface area contributed by atoms with Gasteiger partial charge in [0.25, 0.3) is 0 Å². The normalized spacial score (nSPS) is 23.6. The zero-order chi connectivity index (χ0) is 31.8. The molecule has 1 fully saturated rings. The first-order valence-corrected chi connectivity index (χ1v) is 14.7. The topological polar surface area (TPSA) is 142 Å². The lowest BCUT2D eigenvalue weighted by Gasteiger charge is -2.43. The lowest BCUT2D eigenvalue weighted by molar-refractivity contribution is -0.136. The maximum absolute atomic E-state index is 14.5. The smallest absolute Gasteiger partial charge is 0.326 e. The van der Waals surface area contributed by atoms with Crippen LogP contribution in [0.15, 0.2) is 69.5 Å². The van der Waals surface area contributed by atoms with Crippen LogP contribution >= 0.6 is 11.6 Å². The Kier molecular flexibility index (Phi) is 8.44. The van der Waals surface area contributed by atoms with Crippen molar-refractivity contribution in [1.82, 2.24) is 15.1 Å². The number of allylic oxidation sites excluding steroid dienone is 3. The minimum absolute atomic E-state index is 0.113. The molecule has 0 saturated carbocycles. The van der Waals surface area contributed by atoms with E-state index < -0.39 is 47.3 Å². The summed E-state index contributed by atoms with van der Waals surface area (Å²) in [5, 5.41) is 12.6. The number of furan rings is 1. The lowest BCUT2D eigenvalue weighted by Crippen LogP contribution is -2.59. The highest BCUT2D eigenvalue weighted by molar-refractivity contribution is 6.31. The molecular weight excluding hydrogens is 588 g/mol. The molecule has 2 aliphatic heterocycles. The van der Waals surface area contributed by atoms with Crippen molar-refractivity contribution in [1.29, 1.82) is 0 Å². The van der Waals surface area contributed by atoms with Crippen molar-refractivity contribution < 1.29 is 33.4 Å². The number of nitrogens with one attached hydrogen (secondary N) is 1. The molecule has 0 radical (unpaired) electrons. The molecule has 0 bridgehead atoms. The minimum atomic E-state index is -1.24. The molecule has 2 N–H and O–H groups in total. The number of amidine groups is 1. The maximum Gasteiger partial charge on any atom is 0.326 e. The number of nitrogens with zero attached hydrogens (tertiary/aromatic N) is 3. The fourth-order valence-electron chi connectivity index (χ4n) is 5.73. The van der Waals surface area contributed by atoms with Gasteiger partial charge in [-0.25, -0.2) is 4.79 Å². The standard InChI is InChI=1S/C32H35ClN4O7/c1-31(2,3)44-24-15-19(23(38)16-26(40)41)5-6-22(24)29-35-27(20-9-14-43-18-20)28(32(4)10-7-21(33)8-11-32)37(29)30(42)36-13-12-34-25(39)17-36/h5-10,14-15,18,27-28H,11-13,16-17H2,1-4H3,(H,34,39)(H,40,41). The van der Waals surface area contributed by atoms with Crippen LogP contribution in [0, 0.1) is 5.41 Å². The summed E-state index contributed by atoms with van der Waals surface area (Å²) in [7, 11) is 0. The summed E-state index contributed by atoms with van der Waals surface area (Å²) in [4.78, 5) is 59.2. The number of hydrogen-bond donors (Lipinski definition) is 2. The Hall–Kier alpha value is -4.38. The summed E-state index contributed by atoms with van der Waals surface area (Å²) in [5.74, 6) is -1.53. The summed E-state index contributed by atoms with van der Waals surface area (Å²) < 4.78 is 11.8. The second kappa shape index (κ2) is 12.0. The average molecular weight is 623 g/mol. The van der Waals surface area contributed by atoms with E-state index in [0.717, 1.165) is 5.56 Å². The molecule has 44 heavy (non-hydrogen) atoms. The van der Waals surface area contributed by atoms with E-state index in [2.05, 4.69) is 5.32 Å². The zero-order valence-corrected chi connectivity index (χ0v) is 25.8. The number of carboxylic acid groups (broad SMARTS) is 1. The van der Waals surface area contributed by atoms with E-state index in [-0.39, 0.29) is 23.8 Å². The van der Waals surface area contributed by atoms with Crippen molar-refractivity contribution in [3.8, 4) is 5.75 Å². The van der Waals surface area contributed by atoms with Gasteiger partial charge in [-0.1, -0.05) is 36.7 Å². The van der Waals surface area contributed by atoms with Gasteiger partial charge in [-0.05, 0) is 51.5 Å². The molecule has 0 spiro atoms. The predicted molar refractivity (Wildman–Crippen MR) is 163 cm³/mol. The number of ketones is 1. The summed E-state index contributed by atoms with van der Waals surface area (Å²) in [5.41, 5.74) is -0.00701. The Balaban J connectivity index is 1.70. The van der Waals surface area contributed by atoms with E-state index in [1.54, 1.807) is 29.6 Å². The number of carbonyl (C=O) groups is 4. The van der Waals surface area contributed by atoms with Gasteiger partial charge in [0.1, 0.15) is 36.2 Å². The van der Waals surface area contributed by atoms with Gasteiger partial charge in [-0.2, -0.15) is 0 Å². The summed E-state index contributed by atoms with van der Waals surface area (Å²) in [6, 6.07) is 4.90. The Bertz CT molecular complexity index is 1570. The van der Waals surface area contributed by atoms with Gasteiger partial charge in [-0.3, -0.25) is 24.3 Å². The summed E-state index contributed by atoms with van der Waals surface area (Å²) in [6.45, 7) is 8.07. The van der Waals surface area contributed by atoms with Gasteiger partial charge < -0.3 is 24.5 Å². The molecule has 232 valence electrons. The monoisotopic (exact) mass is 622 g/mol.